The normalized spacial score (nSPS) is 12.5. The SMILES string of the molecule is CCOC(=O)C(Cc1cc(-n2nc(C)n(CC(F)F)c2=O)c(F)cc1Cl)C(=O)C(Cl)Cl. The highest BCUT2D eigenvalue weighted by atomic mass is 35.5. The number of Topliss-reactive ketones (excluding diaryl/α,β-unsaturated/α-hetero) is 1. The standard InChI is InChI=1S/C18H17Cl3F3N3O4/c1-3-31-17(29)10(15(28)16(20)21)4-9-5-13(12(22)6-11(9)19)27-18(30)26(7-14(23)24)8(2)25-27/h5-6,10,14,16H,3-4,7H2,1-2H3. The third-order valence-electron chi connectivity index (χ3n) is 4.27. The van der Waals surface area contributed by atoms with Crippen molar-refractivity contribution in [3.8, 4) is 5.69 Å². The zero-order valence-corrected chi connectivity index (χ0v) is 18.5. The van der Waals surface area contributed by atoms with E-state index in [1.807, 2.05) is 0 Å². The molecule has 31 heavy (non-hydrogen) atoms. The van der Waals surface area contributed by atoms with Crippen LogP contribution in [-0.2, 0) is 27.3 Å². The molecule has 0 aliphatic heterocycles. The van der Waals surface area contributed by atoms with Gasteiger partial charge in [0, 0.05) is 5.02 Å². The van der Waals surface area contributed by atoms with Gasteiger partial charge in [0.2, 0.25) is 0 Å². The Hall–Kier alpha value is -2.04. The van der Waals surface area contributed by atoms with Crippen LogP contribution in [0.1, 0.15) is 18.3 Å². The average Bonchev–Trinajstić information content (AvgIpc) is 2.94. The number of benzene rings is 1. The quantitative estimate of drug-likeness (QED) is 0.298. The van der Waals surface area contributed by atoms with Crippen LogP contribution < -0.4 is 5.69 Å². The lowest BCUT2D eigenvalue weighted by molar-refractivity contribution is -0.151. The molecule has 7 nitrogen and oxygen atoms in total. The Morgan fingerprint density at radius 3 is 2.45 bits per heavy atom. The Bertz CT molecular complexity index is 1040. The smallest absolute Gasteiger partial charge is 0.351 e. The molecule has 0 radical (unpaired) electrons. The van der Waals surface area contributed by atoms with E-state index in [-0.39, 0.29) is 29.4 Å². The number of hydrogen-bond acceptors (Lipinski definition) is 5. The van der Waals surface area contributed by atoms with Crippen molar-refractivity contribution in [3.63, 3.8) is 0 Å². The number of carbonyl (C=O) groups is 2. The lowest BCUT2D eigenvalue weighted by Crippen LogP contribution is -2.32. The number of hydrogen-bond donors (Lipinski definition) is 0. The second kappa shape index (κ2) is 10.5. The number of ketones is 1. The van der Waals surface area contributed by atoms with Crippen molar-refractivity contribution in [1.82, 2.24) is 14.3 Å². The summed E-state index contributed by atoms with van der Waals surface area (Å²) in [4.78, 5) is 35.4. The predicted octanol–water partition coefficient (Wildman–Crippen LogP) is 3.49. The molecule has 0 bridgehead atoms. The Kier molecular flexibility index (Phi) is 8.56. The molecule has 0 aliphatic rings. The van der Waals surface area contributed by atoms with Crippen molar-refractivity contribution in [2.24, 2.45) is 5.92 Å². The van der Waals surface area contributed by atoms with Crippen molar-refractivity contribution in [2.45, 2.75) is 38.1 Å². The fourth-order valence-electron chi connectivity index (χ4n) is 2.81. The fourth-order valence-corrected chi connectivity index (χ4v) is 3.35. The van der Waals surface area contributed by atoms with Gasteiger partial charge in [0.25, 0.3) is 6.43 Å². The summed E-state index contributed by atoms with van der Waals surface area (Å²) >= 11 is 17.3. The lowest BCUT2D eigenvalue weighted by Gasteiger charge is -2.16. The zero-order valence-electron chi connectivity index (χ0n) is 16.3. The minimum atomic E-state index is -2.82. The molecule has 0 fully saturated rings. The molecule has 0 saturated heterocycles. The minimum Gasteiger partial charge on any atom is -0.465 e. The maximum Gasteiger partial charge on any atom is 0.351 e. The monoisotopic (exact) mass is 501 g/mol. The molecule has 0 spiro atoms. The number of nitrogens with zero attached hydrogens (tertiary/aromatic N) is 3. The summed E-state index contributed by atoms with van der Waals surface area (Å²) in [5.41, 5.74) is -1.31. The number of ether oxygens (including phenoxy) is 1. The van der Waals surface area contributed by atoms with Gasteiger partial charge in [-0.1, -0.05) is 34.8 Å². The van der Waals surface area contributed by atoms with Crippen LogP contribution in [-0.4, -0.2) is 44.0 Å². The summed E-state index contributed by atoms with van der Waals surface area (Å²) in [7, 11) is 0. The Morgan fingerprint density at radius 2 is 1.90 bits per heavy atom. The van der Waals surface area contributed by atoms with Gasteiger partial charge >= 0.3 is 11.7 Å². The number of rotatable bonds is 9. The van der Waals surface area contributed by atoms with Crippen LogP contribution in [0.25, 0.3) is 5.69 Å². The van der Waals surface area contributed by atoms with E-state index in [1.54, 1.807) is 0 Å². The highest BCUT2D eigenvalue weighted by Crippen LogP contribution is 2.27. The summed E-state index contributed by atoms with van der Waals surface area (Å²) in [5, 5.41) is 3.67. The van der Waals surface area contributed by atoms with Crippen LogP contribution in [0, 0.1) is 18.7 Å². The van der Waals surface area contributed by atoms with E-state index in [4.69, 9.17) is 39.5 Å². The molecule has 2 aromatic rings. The molecule has 1 atom stereocenters. The molecule has 0 N–H and O–H groups in total. The molecule has 170 valence electrons. The van der Waals surface area contributed by atoms with Crippen molar-refractivity contribution in [2.75, 3.05) is 6.61 Å². The van der Waals surface area contributed by atoms with Gasteiger partial charge in [-0.25, -0.2) is 18.0 Å². The summed E-state index contributed by atoms with van der Waals surface area (Å²) in [6, 6.07) is 1.95. The van der Waals surface area contributed by atoms with Crippen LogP contribution in [0.2, 0.25) is 5.02 Å². The van der Waals surface area contributed by atoms with Crippen molar-refractivity contribution < 1.29 is 27.5 Å². The molecule has 0 saturated carbocycles. The number of carbonyl (C=O) groups excluding carboxylic acids is 2. The molecule has 1 unspecified atom stereocenters. The number of aromatic nitrogens is 3. The van der Waals surface area contributed by atoms with Crippen LogP contribution in [0.5, 0.6) is 0 Å². The largest absolute Gasteiger partial charge is 0.465 e. The van der Waals surface area contributed by atoms with Crippen molar-refractivity contribution in [1.29, 1.82) is 0 Å². The Labute approximate surface area is 189 Å². The van der Waals surface area contributed by atoms with Gasteiger partial charge in [0.15, 0.2) is 16.4 Å². The Balaban J connectivity index is 2.53. The van der Waals surface area contributed by atoms with E-state index in [0.29, 0.717) is 9.25 Å². The minimum absolute atomic E-state index is 0.0174. The number of halogens is 6. The number of esters is 1. The second-order valence-electron chi connectivity index (χ2n) is 6.35. The molecular formula is C18H17Cl3F3N3O4. The first-order valence-electron chi connectivity index (χ1n) is 8.89. The first kappa shape index (κ1) is 25.2. The summed E-state index contributed by atoms with van der Waals surface area (Å²) < 4.78 is 46.2. The zero-order chi connectivity index (χ0) is 23.5. The average molecular weight is 503 g/mol. The van der Waals surface area contributed by atoms with Crippen molar-refractivity contribution >= 4 is 46.6 Å². The molecule has 0 amide bonds. The number of alkyl halides is 4. The fraction of sp³-hybridized carbons (Fsp3) is 0.444. The molecule has 1 aromatic carbocycles. The summed E-state index contributed by atoms with van der Waals surface area (Å²) in [6.07, 6.45) is -3.18. The van der Waals surface area contributed by atoms with Crippen molar-refractivity contribution in [3.05, 3.63) is 44.8 Å². The number of aryl methyl sites for hydroxylation is 1. The van der Waals surface area contributed by atoms with E-state index < -0.39 is 52.7 Å². The molecule has 1 heterocycles. The van der Waals surface area contributed by atoms with Crippen LogP contribution in [0.3, 0.4) is 0 Å². The summed E-state index contributed by atoms with van der Waals surface area (Å²) in [5.74, 6) is -4.23. The van der Waals surface area contributed by atoms with Crippen LogP contribution in [0.15, 0.2) is 16.9 Å². The third kappa shape index (κ3) is 5.81. The molecule has 0 aliphatic carbocycles. The van der Waals surface area contributed by atoms with Gasteiger partial charge in [-0.2, -0.15) is 9.78 Å². The van der Waals surface area contributed by atoms with Gasteiger partial charge in [0.1, 0.15) is 17.4 Å². The van der Waals surface area contributed by atoms with Gasteiger partial charge in [-0.05, 0) is 38.0 Å². The van der Waals surface area contributed by atoms with E-state index in [9.17, 15) is 27.6 Å². The van der Waals surface area contributed by atoms with Crippen LogP contribution in [0.4, 0.5) is 13.2 Å². The Morgan fingerprint density at radius 1 is 1.26 bits per heavy atom. The van der Waals surface area contributed by atoms with E-state index in [1.165, 1.54) is 13.8 Å². The first-order chi connectivity index (χ1) is 14.5. The molecular weight excluding hydrogens is 486 g/mol. The van der Waals surface area contributed by atoms with Gasteiger partial charge < -0.3 is 4.74 Å². The van der Waals surface area contributed by atoms with E-state index in [2.05, 4.69) is 5.10 Å². The van der Waals surface area contributed by atoms with E-state index >= 15 is 0 Å². The highest BCUT2D eigenvalue weighted by Gasteiger charge is 2.33. The lowest BCUT2D eigenvalue weighted by atomic mass is 9.95. The topological polar surface area (TPSA) is 83.2 Å². The molecule has 1 aromatic heterocycles. The first-order valence-corrected chi connectivity index (χ1v) is 10.1. The molecule has 13 heteroatoms. The summed E-state index contributed by atoms with van der Waals surface area (Å²) in [6.45, 7) is 1.91. The van der Waals surface area contributed by atoms with E-state index in [0.717, 1.165) is 12.1 Å². The second-order valence-corrected chi connectivity index (χ2v) is 7.85. The maximum atomic E-state index is 14.6. The molecule has 2 rings (SSSR count). The van der Waals surface area contributed by atoms with Crippen LogP contribution >= 0.6 is 34.8 Å². The van der Waals surface area contributed by atoms with Gasteiger partial charge in [-0.3, -0.25) is 14.2 Å². The third-order valence-corrected chi connectivity index (χ3v) is 5.05. The van der Waals surface area contributed by atoms with Gasteiger partial charge in [-0.15, -0.1) is 0 Å². The van der Waals surface area contributed by atoms with Gasteiger partial charge in [0.05, 0.1) is 13.2 Å². The highest BCUT2D eigenvalue weighted by molar-refractivity contribution is 6.54. The predicted molar refractivity (Wildman–Crippen MR) is 108 cm³/mol. The maximum absolute atomic E-state index is 14.6.